The van der Waals surface area contributed by atoms with Gasteiger partial charge in [-0.25, -0.2) is 0 Å². The smallest absolute Gasteiger partial charge is 0.237 e. The van der Waals surface area contributed by atoms with Crippen molar-refractivity contribution in [2.75, 3.05) is 0 Å². The van der Waals surface area contributed by atoms with Crippen LogP contribution in [0.5, 0.6) is 0 Å². The van der Waals surface area contributed by atoms with Crippen molar-refractivity contribution >= 4 is 5.91 Å². The highest BCUT2D eigenvalue weighted by Crippen LogP contribution is 2.03. The van der Waals surface area contributed by atoms with Crippen LogP contribution in [0.1, 0.15) is 25.1 Å². The van der Waals surface area contributed by atoms with Crippen LogP contribution in [0.25, 0.3) is 0 Å². The zero-order valence-electron chi connectivity index (χ0n) is 9.37. The number of aromatic nitrogens is 2. The van der Waals surface area contributed by atoms with Crippen LogP contribution >= 0.6 is 0 Å². The number of nitrogens with two attached hydrogens (primary N) is 1. The lowest BCUT2D eigenvalue weighted by Crippen LogP contribution is -2.43. The van der Waals surface area contributed by atoms with Gasteiger partial charge >= 0.3 is 0 Å². The van der Waals surface area contributed by atoms with Gasteiger partial charge in [-0.2, -0.15) is 5.10 Å². The van der Waals surface area contributed by atoms with Gasteiger partial charge in [0.1, 0.15) is 0 Å². The van der Waals surface area contributed by atoms with Crippen LogP contribution in [0, 0.1) is 12.8 Å². The van der Waals surface area contributed by atoms with Gasteiger partial charge in [0.05, 0.1) is 12.2 Å². The number of aryl methyl sites for hydroxylation is 1. The highest BCUT2D eigenvalue weighted by atomic mass is 16.2. The maximum absolute atomic E-state index is 11.5. The van der Waals surface area contributed by atoms with Gasteiger partial charge in [0, 0.05) is 17.8 Å². The molecule has 0 aliphatic rings. The molecule has 0 saturated carbocycles. The fourth-order valence-corrected chi connectivity index (χ4v) is 1.16. The van der Waals surface area contributed by atoms with E-state index in [1.165, 1.54) is 0 Å². The van der Waals surface area contributed by atoms with Crippen LogP contribution in [0.3, 0.4) is 0 Å². The lowest BCUT2D eigenvalue weighted by Gasteiger charge is -2.14. The molecule has 0 fully saturated rings. The third-order valence-corrected chi connectivity index (χ3v) is 2.41. The van der Waals surface area contributed by atoms with Gasteiger partial charge in [-0.1, -0.05) is 13.8 Å². The number of carbonyl (C=O) groups excluding carboxylic acids is 1. The first-order valence-electron chi connectivity index (χ1n) is 5.04. The first-order chi connectivity index (χ1) is 7.02. The van der Waals surface area contributed by atoms with Crippen LogP contribution in [0.4, 0.5) is 0 Å². The second kappa shape index (κ2) is 4.93. The van der Waals surface area contributed by atoms with Gasteiger partial charge in [0.25, 0.3) is 0 Å². The Hall–Kier alpha value is -1.36. The van der Waals surface area contributed by atoms with Gasteiger partial charge in [0.2, 0.25) is 5.91 Å². The Labute approximate surface area is 89.4 Å². The molecule has 15 heavy (non-hydrogen) atoms. The van der Waals surface area contributed by atoms with E-state index >= 15 is 0 Å². The molecule has 4 N–H and O–H groups in total. The molecule has 0 saturated heterocycles. The number of carbonyl (C=O) groups is 1. The summed E-state index contributed by atoms with van der Waals surface area (Å²) < 4.78 is 0. The van der Waals surface area contributed by atoms with Crippen molar-refractivity contribution in [2.45, 2.75) is 33.4 Å². The van der Waals surface area contributed by atoms with E-state index in [4.69, 9.17) is 5.73 Å². The van der Waals surface area contributed by atoms with E-state index in [2.05, 4.69) is 15.5 Å². The summed E-state index contributed by atoms with van der Waals surface area (Å²) in [5, 5.41) is 9.47. The average Bonchev–Trinajstić information content (AvgIpc) is 2.59. The predicted octanol–water partition coefficient (Wildman–Crippen LogP) is 0.318. The van der Waals surface area contributed by atoms with Gasteiger partial charge in [-0.05, 0) is 12.8 Å². The quantitative estimate of drug-likeness (QED) is 0.669. The maximum atomic E-state index is 11.5. The molecule has 0 bridgehead atoms. The van der Waals surface area contributed by atoms with E-state index in [1.54, 1.807) is 6.20 Å². The molecule has 1 unspecified atom stereocenters. The molecule has 5 nitrogen and oxygen atoms in total. The van der Waals surface area contributed by atoms with E-state index in [-0.39, 0.29) is 11.8 Å². The minimum atomic E-state index is -0.447. The number of hydrogen-bond acceptors (Lipinski definition) is 3. The van der Waals surface area contributed by atoms with E-state index in [1.807, 2.05) is 20.8 Å². The van der Waals surface area contributed by atoms with E-state index in [0.717, 1.165) is 11.3 Å². The number of rotatable bonds is 4. The average molecular weight is 210 g/mol. The number of aromatic amines is 1. The first kappa shape index (κ1) is 11.7. The lowest BCUT2D eigenvalue weighted by atomic mass is 10.1. The highest BCUT2D eigenvalue weighted by molar-refractivity contribution is 5.81. The van der Waals surface area contributed by atoms with Gasteiger partial charge in [0.15, 0.2) is 0 Å². The molecule has 0 spiro atoms. The van der Waals surface area contributed by atoms with Crippen molar-refractivity contribution in [1.82, 2.24) is 15.5 Å². The van der Waals surface area contributed by atoms with Gasteiger partial charge < -0.3 is 11.1 Å². The monoisotopic (exact) mass is 210 g/mol. The molecular formula is C10H18N4O. The third kappa shape index (κ3) is 3.06. The van der Waals surface area contributed by atoms with Crippen molar-refractivity contribution in [2.24, 2.45) is 11.7 Å². The molecule has 1 rings (SSSR count). The summed E-state index contributed by atoms with van der Waals surface area (Å²) in [5.74, 6) is 0.0287. The zero-order valence-corrected chi connectivity index (χ0v) is 9.37. The van der Waals surface area contributed by atoms with Crippen molar-refractivity contribution in [3.8, 4) is 0 Å². The van der Waals surface area contributed by atoms with Gasteiger partial charge in [-0.3, -0.25) is 9.89 Å². The molecule has 1 aromatic heterocycles. The molecule has 0 radical (unpaired) electrons. The minimum Gasteiger partial charge on any atom is -0.351 e. The predicted molar refractivity (Wildman–Crippen MR) is 58.0 cm³/mol. The molecule has 1 atom stereocenters. The second-order valence-electron chi connectivity index (χ2n) is 4.01. The summed E-state index contributed by atoms with van der Waals surface area (Å²) in [6.07, 6.45) is 1.70. The number of hydrogen-bond donors (Lipinski definition) is 3. The Balaban J connectivity index is 2.44. The molecule has 0 aliphatic heterocycles. The standard InChI is InChI=1S/C10H18N4O/c1-6(2)9(11)10(15)12-4-8-5-13-14-7(8)3/h5-6,9H,4,11H2,1-3H3,(H,12,15)(H,13,14). The van der Waals surface area contributed by atoms with E-state index < -0.39 is 6.04 Å². The Kier molecular flexibility index (Phi) is 3.85. The molecule has 0 aliphatic carbocycles. The number of nitrogens with zero attached hydrogens (tertiary/aromatic N) is 1. The third-order valence-electron chi connectivity index (χ3n) is 2.41. The molecule has 5 heteroatoms. The van der Waals surface area contributed by atoms with E-state index in [9.17, 15) is 4.79 Å². The SMILES string of the molecule is Cc1[nH]ncc1CNC(=O)C(N)C(C)C. The zero-order chi connectivity index (χ0) is 11.4. The second-order valence-corrected chi connectivity index (χ2v) is 4.01. The summed E-state index contributed by atoms with van der Waals surface area (Å²) in [5.41, 5.74) is 7.65. The number of nitrogens with one attached hydrogen (secondary N) is 2. The molecular weight excluding hydrogens is 192 g/mol. The Morgan fingerprint density at radius 3 is 2.80 bits per heavy atom. The van der Waals surface area contributed by atoms with Crippen molar-refractivity contribution in [3.05, 3.63) is 17.5 Å². The van der Waals surface area contributed by atoms with Crippen LogP contribution in [-0.2, 0) is 11.3 Å². The Morgan fingerprint density at radius 2 is 2.33 bits per heavy atom. The molecule has 0 aromatic carbocycles. The van der Waals surface area contributed by atoms with Crippen molar-refractivity contribution in [1.29, 1.82) is 0 Å². The summed E-state index contributed by atoms with van der Waals surface area (Å²) in [6, 6.07) is -0.447. The number of H-pyrrole nitrogens is 1. The fraction of sp³-hybridized carbons (Fsp3) is 0.600. The normalized spacial score (nSPS) is 12.9. The Morgan fingerprint density at radius 1 is 1.67 bits per heavy atom. The lowest BCUT2D eigenvalue weighted by molar-refractivity contribution is -0.123. The maximum Gasteiger partial charge on any atom is 0.237 e. The Bertz CT molecular complexity index is 332. The van der Waals surface area contributed by atoms with Crippen LogP contribution in [0.15, 0.2) is 6.20 Å². The van der Waals surface area contributed by atoms with E-state index in [0.29, 0.717) is 6.54 Å². The molecule has 1 heterocycles. The topological polar surface area (TPSA) is 83.8 Å². The summed E-state index contributed by atoms with van der Waals surface area (Å²) in [6.45, 7) is 6.24. The first-order valence-corrected chi connectivity index (χ1v) is 5.04. The molecule has 1 aromatic rings. The van der Waals surface area contributed by atoms with Crippen molar-refractivity contribution < 1.29 is 4.79 Å². The fourth-order valence-electron chi connectivity index (χ4n) is 1.16. The largest absolute Gasteiger partial charge is 0.351 e. The summed E-state index contributed by atoms with van der Waals surface area (Å²) in [4.78, 5) is 11.5. The summed E-state index contributed by atoms with van der Waals surface area (Å²) >= 11 is 0. The van der Waals surface area contributed by atoms with Crippen molar-refractivity contribution in [3.63, 3.8) is 0 Å². The molecule has 1 amide bonds. The van der Waals surface area contributed by atoms with Gasteiger partial charge in [-0.15, -0.1) is 0 Å². The van der Waals surface area contributed by atoms with Crippen LogP contribution in [-0.4, -0.2) is 22.1 Å². The molecule has 84 valence electrons. The number of amides is 1. The summed E-state index contributed by atoms with van der Waals surface area (Å²) in [7, 11) is 0. The highest BCUT2D eigenvalue weighted by Gasteiger charge is 2.16. The van der Waals surface area contributed by atoms with Crippen LogP contribution < -0.4 is 11.1 Å². The minimum absolute atomic E-state index is 0.120. The van der Waals surface area contributed by atoms with Crippen LogP contribution in [0.2, 0.25) is 0 Å².